The van der Waals surface area contributed by atoms with E-state index >= 15 is 0 Å². The van der Waals surface area contributed by atoms with E-state index in [4.69, 9.17) is 14.2 Å². The Morgan fingerprint density at radius 2 is 2.08 bits per heavy atom. The van der Waals surface area contributed by atoms with Gasteiger partial charge < -0.3 is 24.4 Å². The van der Waals surface area contributed by atoms with Crippen LogP contribution in [-0.4, -0.2) is 61.3 Å². The Balaban J connectivity index is 1.65. The van der Waals surface area contributed by atoms with E-state index in [-0.39, 0.29) is 31.0 Å². The molecule has 1 unspecified atom stereocenters. The van der Waals surface area contributed by atoms with Crippen molar-refractivity contribution in [1.29, 1.82) is 0 Å². The summed E-state index contributed by atoms with van der Waals surface area (Å²) in [6.07, 6.45) is 0. The van der Waals surface area contributed by atoms with Crippen LogP contribution >= 0.6 is 11.8 Å². The molecule has 2 aliphatic heterocycles. The highest BCUT2D eigenvalue weighted by Crippen LogP contribution is 2.41. The van der Waals surface area contributed by atoms with E-state index < -0.39 is 11.9 Å². The van der Waals surface area contributed by atoms with Gasteiger partial charge in [0, 0.05) is 0 Å². The predicted molar refractivity (Wildman–Crippen MR) is 94.0 cm³/mol. The maximum Gasteiger partial charge on any atom is 0.325 e. The fraction of sp³-hybridized carbons (Fsp3) is 0.471. The first kappa shape index (κ1) is 18.4. The molecule has 0 aromatic heterocycles. The minimum Gasteiger partial charge on any atom is -0.486 e. The number of ether oxygens (including phenoxy) is 3. The molecular formula is C17H20N2O6S. The number of nitrogens with zero attached hydrogens (tertiary/aromatic N) is 1. The smallest absolute Gasteiger partial charge is 0.325 e. The number of amides is 2. The largest absolute Gasteiger partial charge is 0.486 e. The average molecular weight is 380 g/mol. The minimum absolute atomic E-state index is 0.121. The fourth-order valence-electron chi connectivity index (χ4n) is 2.71. The number of benzene rings is 1. The van der Waals surface area contributed by atoms with Crippen molar-refractivity contribution < 1.29 is 28.6 Å². The number of nitrogens with one attached hydrogen (secondary N) is 1. The highest BCUT2D eigenvalue weighted by atomic mass is 32.2. The summed E-state index contributed by atoms with van der Waals surface area (Å²) in [4.78, 5) is 37.1. The first-order valence-corrected chi connectivity index (χ1v) is 9.36. The summed E-state index contributed by atoms with van der Waals surface area (Å²) in [5.74, 6) is 0.571. The van der Waals surface area contributed by atoms with Gasteiger partial charge in [0.1, 0.15) is 31.7 Å². The van der Waals surface area contributed by atoms with Gasteiger partial charge in [0.15, 0.2) is 11.5 Å². The second kappa shape index (κ2) is 8.31. The Labute approximate surface area is 155 Å². The van der Waals surface area contributed by atoms with E-state index in [0.29, 0.717) is 30.5 Å². The Morgan fingerprint density at radius 1 is 1.31 bits per heavy atom. The average Bonchev–Trinajstić information content (AvgIpc) is 3.00. The Bertz CT molecular complexity index is 710. The van der Waals surface area contributed by atoms with Crippen LogP contribution in [0.2, 0.25) is 0 Å². The SMILES string of the molecule is CCOC(=O)CNC(=O)CN1C(=O)CSC1c1ccc2c(c1)OCCO2. The summed E-state index contributed by atoms with van der Waals surface area (Å²) in [6.45, 7) is 2.60. The van der Waals surface area contributed by atoms with Crippen molar-refractivity contribution >= 4 is 29.5 Å². The van der Waals surface area contributed by atoms with Gasteiger partial charge in [0.2, 0.25) is 11.8 Å². The van der Waals surface area contributed by atoms with Crippen molar-refractivity contribution in [2.45, 2.75) is 12.3 Å². The summed E-state index contributed by atoms with van der Waals surface area (Å²) < 4.78 is 15.9. The van der Waals surface area contributed by atoms with Crippen LogP contribution in [-0.2, 0) is 19.1 Å². The minimum atomic E-state index is -0.508. The molecule has 0 bridgehead atoms. The molecule has 2 heterocycles. The lowest BCUT2D eigenvalue weighted by molar-refractivity contribution is -0.143. The number of fused-ring (bicyclic) bond motifs is 1. The lowest BCUT2D eigenvalue weighted by Crippen LogP contribution is -2.41. The normalized spacial score (nSPS) is 18.6. The zero-order valence-electron chi connectivity index (χ0n) is 14.4. The number of thioether (sulfide) groups is 1. The summed E-state index contributed by atoms with van der Waals surface area (Å²) in [5, 5.41) is 2.19. The molecule has 140 valence electrons. The van der Waals surface area contributed by atoms with Gasteiger partial charge >= 0.3 is 5.97 Å². The fourth-order valence-corrected chi connectivity index (χ4v) is 3.89. The third kappa shape index (κ3) is 4.21. The molecule has 1 saturated heterocycles. The van der Waals surface area contributed by atoms with Crippen molar-refractivity contribution in [3.8, 4) is 11.5 Å². The number of hydrogen-bond acceptors (Lipinski definition) is 7. The van der Waals surface area contributed by atoms with Gasteiger partial charge in [-0.3, -0.25) is 14.4 Å². The van der Waals surface area contributed by atoms with Gasteiger partial charge in [-0.1, -0.05) is 6.07 Å². The summed E-state index contributed by atoms with van der Waals surface area (Å²) in [7, 11) is 0. The summed E-state index contributed by atoms with van der Waals surface area (Å²) >= 11 is 1.45. The van der Waals surface area contributed by atoms with Gasteiger partial charge in [-0.05, 0) is 24.6 Å². The van der Waals surface area contributed by atoms with Crippen molar-refractivity contribution in [2.24, 2.45) is 0 Å². The van der Waals surface area contributed by atoms with Crippen LogP contribution in [0.5, 0.6) is 11.5 Å². The Kier molecular flexibility index (Phi) is 5.87. The molecule has 0 aliphatic carbocycles. The number of carbonyl (C=O) groups excluding carboxylic acids is 3. The van der Waals surface area contributed by atoms with Gasteiger partial charge in [0.25, 0.3) is 0 Å². The van der Waals surface area contributed by atoms with Crippen LogP contribution in [0.1, 0.15) is 17.9 Å². The molecule has 1 fully saturated rings. The lowest BCUT2D eigenvalue weighted by Gasteiger charge is -2.25. The molecule has 8 nitrogen and oxygen atoms in total. The van der Waals surface area contributed by atoms with E-state index in [1.807, 2.05) is 18.2 Å². The van der Waals surface area contributed by atoms with E-state index in [1.165, 1.54) is 16.7 Å². The van der Waals surface area contributed by atoms with Crippen LogP contribution in [0.25, 0.3) is 0 Å². The van der Waals surface area contributed by atoms with E-state index in [1.54, 1.807) is 6.92 Å². The molecule has 9 heteroatoms. The van der Waals surface area contributed by atoms with Gasteiger partial charge in [-0.25, -0.2) is 0 Å². The third-order valence-electron chi connectivity index (χ3n) is 3.87. The third-order valence-corrected chi connectivity index (χ3v) is 5.12. The lowest BCUT2D eigenvalue weighted by atomic mass is 10.1. The Hall–Kier alpha value is -2.42. The van der Waals surface area contributed by atoms with Crippen LogP contribution < -0.4 is 14.8 Å². The molecule has 26 heavy (non-hydrogen) atoms. The molecule has 1 atom stereocenters. The molecule has 3 rings (SSSR count). The molecule has 1 N–H and O–H groups in total. The quantitative estimate of drug-likeness (QED) is 0.727. The highest BCUT2D eigenvalue weighted by Gasteiger charge is 2.34. The molecule has 1 aromatic carbocycles. The topological polar surface area (TPSA) is 94.2 Å². The molecular weight excluding hydrogens is 360 g/mol. The summed E-state index contributed by atoms with van der Waals surface area (Å²) in [5.41, 5.74) is 0.864. The second-order valence-electron chi connectivity index (χ2n) is 5.67. The molecule has 0 spiro atoms. The standard InChI is InChI=1S/C17H20N2O6S/c1-2-23-16(22)8-18-14(20)9-19-15(21)10-26-17(19)11-3-4-12-13(7-11)25-6-5-24-12/h3-4,7,17H,2,5-6,8-10H2,1H3,(H,18,20). The van der Waals surface area contributed by atoms with Crippen LogP contribution in [0.3, 0.4) is 0 Å². The summed E-state index contributed by atoms with van der Waals surface area (Å²) in [6, 6.07) is 5.52. The molecule has 2 amide bonds. The monoisotopic (exact) mass is 380 g/mol. The predicted octanol–water partition coefficient (Wildman–Crippen LogP) is 0.711. The van der Waals surface area contributed by atoms with Crippen molar-refractivity contribution in [1.82, 2.24) is 10.2 Å². The van der Waals surface area contributed by atoms with Crippen molar-refractivity contribution in [3.63, 3.8) is 0 Å². The number of rotatable bonds is 6. The maximum atomic E-state index is 12.2. The zero-order valence-corrected chi connectivity index (χ0v) is 15.2. The molecule has 0 radical (unpaired) electrons. The maximum absolute atomic E-state index is 12.2. The van der Waals surface area contributed by atoms with Crippen LogP contribution in [0.15, 0.2) is 18.2 Å². The van der Waals surface area contributed by atoms with E-state index in [9.17, 15) is 14.4 Å². The zero-order chi connectivity index (χ0) is 18.5. The van der Waals surface area contributed by atoms with Crippen LogP contribution in [0.4, 0.5) is 0 Å². The first-order chi connectivity index (χ1) is 12.6. The molecule has 2 aliphatic rings. The van der Waals surface area contributed by atoms with E-state index in [0.717, 1.165) is 5.56 Å². The van der Waals surface area contributed by atoms with Gasteiger partial charge in [0.05, 0.1) is 12.4 Å². The van der Waals surface area contributed by atoms with Crippen molar-refractivity contribution in [3.05, 3.63) is 23.8 Å². The van der Waals surface area contributed by atoms with Crippen LogP contribution in [0, 0.1) is 0 Å². The number of carbonyl (C=O) groups is 3. The molecule has 0 saturated carbocycles. The van der Waals surface area contributed by atoms with Gasteiger partial charge in [-0.2, -0.15) is 0 Å². The van der Waals surface area contributed by atoms with Gasteiger partial charge in [-0.15, -0.1) is 11.8 Å². The Morgan fingerprint density at radius 3 is 2.85 bits per heavy atom. The van der Waals surface area contributed by atoms with Crippen molar-refractivity contribution in [2.75, 3.05) is 38.7 Å². The number of esters is 1. The first-order valence-electron chi connectivity index (χ1n) is 8.31. The second-order valence-corrected chi connectivity index (χ2v) is 6.74. The highest BCUT2D eigenvalue weighted by molar-refractivity contribution is 8.00. The number of hydrogen-bond donors (Lipinski definition) is 1. The molecule has 1 aromatic rings. The van der Waals surface area contributed by atoms with E-state index in [2.05, 4.69) is 5.32 Å².